The van der Waals surface area contributed by atoms with Crippen molar-refractivity contribution in [1.29, 1.82) is 0 Å². The van der Waals surface area contributed by atoms with Crippen LogP contribution in [0, 0.1) is 10.1 Å². The lowest BCUT2D eigenvalue weighted by molar-refractivity contribution is -0.678. The summed E-state index contributed by atoms with van der Waals surface area (Å²) in [6, 6.07) is 13.8. The van der Waals surface area contributed by atoms with E-state index >= 15 is 0 Å². The first kappa shape index (κ1) is 54.2. The van der Waals surface area contributed by atoms with Crippen molar-refractivity contribution in [2.45, 2.75) is 245 Å². The highest BCUT2D eigenvalue weighted by atomic mass is 35.5. The molecule has 4 rings (SSSR count). The van der Waals surface area contributed by atoms with Gasteiger partial charge in [0.15, 0.2) is 6.54 Å². The average Bonchev–Trinajstić information content (AvgIpc) is 3.72. The van der Waals surface area contributed by atoms with E-state index in [1.807, 2.05) is 12.1 Å². The van der Waals surface area contributed by atoms with Gasteiger partial charge in [0.2, 0.25) is 5.58 Å². The number of benzene rings is 2. The topological polar surface area (TPSA) is 63.4 Å². The van der Waals surface area contributed by atoms with Crippen LogP contribution in [-0.2, 0) is 12.0 Å². The second kappa shape index (κ2) is 32.5. The molecule has 1 aromatic heterocycles. The number of para-hydroxylation sites is 2. The number of oxazole rings is 1. The van der Waals surface area contributed by atoms with Crippen molar-refractivity contribution in [3.63, 3.8) is 0 Å². The van der Waals surface area contributed by atoms with Gasteiger partial charge in [0.05, 0.1) is 11.0 Å². The first-order chi connectivity index (χ1) is 30.4. The average molecular weight is 889 g/mol. The Morgan fingerprint density at radius 3 is 1.54 bits per heavy atom. The lowest BCUT2D eigenvalue weighted by Crippen LogP contribution is -3.00. The van der Waals surface area contributed by atoms with E-state index in [1.165, 1.54) is 198 Å². The lowest BCUT2D eigenvalue weighted by atomic mass is 9.83. The van der Waals surface area contributed by atoms with Crippen molar-refractivity contribution >= 4 is 28.6 Å². The van der Waals surface area contributed by atoms with E-state index in [1.54, 1.807) is 12.1 Å². The van der Waals surface area contributed by atoms with E-state index in [-0.39, 0.29) is 28.4 Å². The van der Waals surface area contributed by atoms with Gasteiger partial charge in [0.1, 0.15) is 0 Å². The number of aromatic nitrogens is 1. The van der Waals surface area contributed by atoms with Crippen LogP contribution in [0.2, 0.25) is 0 Å². The molecule has 7 heteroatoms. The molecule has 0 amide bonds. The van der Waals surface area contributed by atoms with Gasteiger partial charge in [-0.25, -0.2) is 0 Å². The highest BCUT2D eigenvalue weighted by Gasteiger charge is 2.40. The van der Waals surface area contributed by atoms with Gasteiger partial charge < -0.3 is 21.7 Å². The molecule has 3 aromatic rings. The number of unbranched alkanes of at least 4 members (excludes halogenated alkanes) is 30. The SMILES string of the molecule is CCCCCCCCCCCCCCCCCCN1/C(=C/C=C/c2oc3ccccc3[n+]2CCCCCCCCCCCCCCCCCC)C(C)(C)c2cc([N+](=O)[O-])ccc21.[Cl-]. The summed E-state index contributed by atoms with van der Waals surface area (Å²) in [4.78, 5) is 14.0. The lowest BCUT2D eigenvalue weighted by Gasteiger charge is -2.27. The molecule has 0 radical (unpaired) electrons. The molecule has 6 nitrogen and oxygen atoms in total. The number of allylic oxidation sites excluding steroid dienone is 3. The highest BCUT2D eigenvalue weighted by Crippen LogP contribution is 2.49. The zero-order chi connectivity index (χ0) is 44.1. The Morgan fingerprint density at radius 2 is 1.06 bits per heavy atom. The predicted octanol–water partition coefficient (Wildman–Crippen LogP) is 14.9. The third-order valence-electron chi connectivity index (χ3n) is 13.7. The second-order valence-electron chi connectivity index (χ2n) is 19.3. The number of anilines is 1. The van der Waals surface area contributed by atoms with Crippen LogP contribution < -0.4 is 21.9 Å². The van der Waals surface area contributed by atoms with Gasteiger partial charge in [-0.1, -0.05) is 232 Å². The molecule has 0 spiro atoms. The first-order valence-electron chi connectivity index (χ1n) is 26.2. The number of hydrogen-bond acceptors (Lipinski definition) is 4. The summed E-state index contributed by atoms with van der Waals surface area (Å²) in [5, 5.41) is 11.8. The molecule has 0 aliphatic carbocycles. The zero-order valence-electron chi connectivity index (χ0n) is 40.8. The van der Waals surface area contributed by atoms with E-state index in [9.17, 15) is 10.1 Å². The molecule has 1 aliphatic rings. The minimum atomic E-state index is -0.363. The quantitative estimate of drug-likeness (QED) is 0.0250. The van der Waals surface area contributed by atoms with Crippen LogP contribution in [0.15, 0.2) is 64.7 Å². The van der Waals surface area contributed by atoms with Crippen LogP contribution in [0.4, 0.5) is 11.4 Å². The molecule has 0 saturated heterocycles. The Bertz CT molecular complexity index is 1730. The van der Waals surface area contributed by atoms with Gasteiger partial charge in [-0.05, 0) is 36.6 Å². The molecule has 0 saturated carbocycles. The summed E-state index contributed by atoms with van der Waals surface area (Å²) in [6.07, 6.45) is 50.1. The number of nitrogens with zero attached hydrogens (tertiary/aromatic N) is 3. The van der Waals surface area contributed by atoms with E-state index in [0.29, 0.717) is 0 Å². The number of nitro benzene ring substituents is 1. The summed E-state index contributed by atoms with van der Waals surface area (Å²) in [5.41, 5.74) is 5.18. The summed E-state index contributed by atoms with van der Waals surface area (Å²) in [6.45, 7) is 10.9. The summed E-state index contributed by atoms with van der Waals surface area (Å²) in [5.74, 6) is 0.873. The van der Waals surface area contributed by atoms with Gasteiger partial charge >= 0.3 is 5.89 Å². The Hall–Kier alpha value is -3.12. The largest absolute Gasteiger partial charge is 1.00 e. The van der Waals surface area contributed by atoms with Crippen LogP contribution in [0.1, 0.15) is 245 Å². The van der Waals surface area contributed by atoms with E-state index in [2.05, 4.69) is 73.6 Å². The monoisotopic (exact) mass is 888 g/mol. The second-order valence-corrected chi connectivity index (χ2v) is 19.3. The van der Waals surface area contributed by atoms with Crippen LogP contribution >= 0.6 is 0 Å². The van der Waals surface area contributed by atoms with Crippen molar-refractivity contribution in [1.82, 2.24) is 0 Å². The number of aryl methyl sites for hydroxylation is 1. The summed E-state index contributed by atoms with van der Waals surface area (Å²) in [7, 11) is 0. The van der Waals surface area contributed by atoms with Crippen molar-refractivity contribution in [2.24, 2.45) is 0 Å². The Morgan fingerprint density at radius 1 is 0.619 bits per heavy atom. The van der Waals surface area contributed by atoms with Gasteiger partial charge in [0, 0.05) is 48.0 Å². The van der Waals surface area contributed by atoms with E-state index in [0.717, 1.165) is 54.2 Å². The molecule has 0 atom stereocenters. The summed E-state index contributed by atoms with van der Waals surface area (Å²) < 4.78 is 8.80. The minimum Gasteiger partial charge on any atom is -1.00 e. The van der Waals surface area contributed by atoms with Crippen LogP contribution in [0.25, 0.3) is 17.2 Å². The van der Waals surface area contributed by atoms with Gasteiger partial charge in [0.25, 0.3) is 11.2 Å². The van der Waals surface area contributed by atoms with Crippen molar-refractivity contribution < 1.29 is 26.3 Å². The molecule has 2 heterocycles. The number of hydrogen-bond donors (Lipinski definition) is 0. The molecule has 63 heavy (non-hydrogen) atoms. The van der Waals surface area contributed by atoms with E-state index in [4.69, 9.17) is 4.42 Å². The van der Waals surface area contributed by atoms with Crippen LogP contribution in [0.5, 0.6) is 0 Å². The fourth-order valence-corrected chi connectivity index (χ4v) is 9.78. The van der Waals surface area contributed by atoms with Gasteiger partial charge in [-0.2, -0.15) is 4.57 Å². The molecule has 0 unspecified atom stereocenters. The third kappa shape index (κ3) is 19.5. The number of nitro groups is 1. The van der Waals surface area contributed by atoms with Crippen molar-refractivity contribution in [3.8, 4) is 0 Å². The third-order valence-corrected chi connectivity index (χ3v) is 13.7. The molecule has 0 N–H and O–H groups in total. The number of rotatable bonds is 37. The van der Waals surface area contributed by atoms with Gasteiger partial charge in [-0.3, -0.25) is 10.1 Å². The van der Waals surface area contributed by atoms with Crippen LogP contribution in [-0.4, -0.2) is 11.5 Å². The molecule has 1 aliphatic heterocycles. The van der Waals surface area contributed by atoms with Crippen molar-refractivity contribution in [3.05, 3.63) is 81.9 Å². The smallest absolute Gasteiger partial charge is 0.374 e. The number of fused-ring (bicyclic) bond motifs is 2. The highest BCUT2D eigenvalue weighted by molar-refractivity contribution is 5.73. The number of non-ortho nitro benzene ring substituents is 1. The van der Waals surface area contributed by atoms with E-state index < -0.39 is 0 Å². The van der Waals surface area contributed by atoms with Crippen LogP contribution in [0.3, 0.4) is 0 Å². The zero-order valence-corrected chi connectivity index (χ0v) is 41.5. The fraction of sp³-hybridized carbons (Fsp3) is 0.696. The Kier molecular flexibility index (Phi) is 28.0. The van der Waals surface area contributed by atoms with Crippen molar-refractivity contribution in [2.75, 3.05) is 11.4 Å². The van der Waals surface area contributed by atoms with Gasteiger partial charge in [-0.15, -0.1) is 0 Å². The molecular formula is C56H90ClN3O3. The minimum absolute atomic E-state index is 0. The molecule has 0 bridgehead atoms. The standard InChI is InChI=1S/C56H90N3O3.ClH/c1-5-7-9-11-13-15-17-19-21-23-25-27-29-31-33-37-46-57-51-45-44-49(59(60)61)48-50(51)56(3,4)54(57)42-39-43-55-58(52-40-35-36-41-53(52)62-55)47-38-34-32-30-28-26-24-22-20-18-16-14-12-10-8-6-2;/h35-36,39-45,48H,5-34,37-38,46-47H2,1-4H3;1H/q+1;/p-1. The molecule has 354 valence electrons. The Labute approximate surface area is 391 Å². The fourth-order valence-electron chi connectivity index (χ4n) is 9.78. The maximum atomic E-state index is 11.8. The Balaban J connectivity index is 0.0000106. The molecular weight excluding hydrogens is 798 g/mol. The normalized spacial score (nSPS) is 14.0. The first-order valence-corrected chi connectivity index (χ1v) is 26.2. The maximum absolute atomic E-state index is 11.8. The maximum Gasteiger partial charge on any atom is 0.374 e. The molecule has 0 fully saturated rings. The predicted molar refractivity (Wildman–Crippen MR) is 266 cm³/mol. The molecule has 2 aromatic carbocycles. The summed E-state index contributed by atoms with van der Waals surface area (Å²) >= 11 is 0. The number of halogens is 1.